The highest BCUT2D eigenvalue weighted by Crippen LogP contribution is 2.35. The van der Waals surface area contributed by atoms with Crippen molar-refractivity contribution in [1.82, 2.24) is 0 Å². The van der Waals surface area contributed by atoms with E-state index in [1.54, 1.807) is 6.08 Å². The summed E-state index contributed by atoms with van der Waals surface area (Å²) in [6, 6.07) is 8.50. The molecule has 1 aromatic carbocycles. The van der Waals surface area contributed by atoms with Gasteiger partial charge in [0.1, 0.15) is 18.2 Å². The van der Waals surface area contributed by atoms with Gasteiger partial charge in [-0.1, -0.05) is 41.5 Å². The molecule has 2 unspecified atom stereocenters. The third-order valence-corrected chi connectivity index (χ3v) is 3.97. The van der Waals surface area contributed by atoms with Crippen LogP contribution in [0.3, 0.4) is 0 Å². The van der Waals surface area contributed by atoms with Gasteiger partial charge in [-0.15, -0.1) is 6.58 Å². The Labute approximate surface area is 139 Å². The first-order valence-corrected chi connectivity index (χ1v) is 7.67. The monoisotopic (exact) mass is 333 g/mol. The molecular weight excluding hydrogens is 314 g/mol. The van der Waals surface area contributed by atoms with E-state index in [4.69, 9.17) is 24.5 Å². The van der Waals surface area contributed by atoms with Crippen LogP contribution in [0.4, 0.5) is 0 Å². The SMILES string of the molecule is C=CCOC1O[C@@H]2COC(c3ccccc3)O[C@@H]2[C@H](O)[C@H]1N=[N+]=[N-]. The molecular formula is C16H19N3O5. The van der Waals surface area contributed by atoms with Gasteiger partial charge in [-0.3, -0.25) is 0 Å². The van der Waals surface area contributed by atoms with E-state index >= 15 is 0 Å². The van der Waals surface area contributed by atoms with Crippen molar-refractivity contribution < 1.29 is 24.1 Å². The summed E-state index contributed by atoms with van der Waals surface area (Å²) in [5.41, 5.74) is 9.60. The number of ether oxygens (including phenoxy) is 4. The van der Waals surface area contributed by atoms with Gasteiger partial charge in [0.25, 0.3) is 0 Å². The van der Waals surface area contributed by atoms with Gasteiger partial charge in [0.05, 0.1) is 19.3 Å². The lowest BCUT2D eigenvalue weighted by molar-refractivity contribution is -0.340. The summed E-state index contributed by atoms with van der Waals surface area (Å²) in [5, 5.41) is 14.2. The van der Waals surface area contributed by atoms with Crippen LogP contribution >= 0.6 is 0 Å². The highest BCUT2D eigenvalue weighted by molar-refractivity contribution is 5.16. The predicted molar refractivity (Wildman–Crippen MR) is 83.8 cm³/mol. The van der Waals surface area contributed by atoms with Crippen LogP contribution in [0.2, 0.25) is 0 Å². The number of hydrogen-bond acceptors (Lipinski definition) is 6. The highest BCUT2D eigenvalue weighted by Gasteiger charge is 2.49. The summed E-state index contributed by atoms with van der Waals surface area (Å²) in [6.45, 7) is 4.01. The number of aliphatic hydroxyl groups is 1. The highest BCUT2D eigenvalue weighted by atomic mass is 16.7. The lowest BCUT2D eigenvalue weighted by Crippen LogP contribution is -2.61. The van der Waals surface area contributed by atoms with Crippen molar-refractivity contribution in [2.24, 2.45) is 5.11 Å². The van der Waals surface area contributed by atoms with E-state index in [1.807, 2.05) is 30.3 Å². The van der Waals surface area contributed by atoms with Crippen molar-refractivity contribution in [1.29, 1.82) is 0 Å². The zero-order valence-corrected chi connectivity index (χ0v) is 13.0. The molecule has 0 aliphatic carbocycles. The second-order valence-corrected chi connectivity index (χ2v) is 5.53. The average Bonchev–Trinajstić information content (AvgIpc) is 2.63. The van der Waals surface area contributed by atoms with Gasteiger partial charge in [-0.2, -0.15) is 0 Å². The third-order valence-electron chi connectivity index (χ3n) is 3.97. The molecule has 2 fully saturated rings. The normalized spacial score (nSPS) is 35.5. The van der Waals surface area contributed by atoms with E-state index in [0.717, 1.165) is 5.56 Å². The Morgan fingerprint density at radius 2 is 2.17 bits per heavy atom. The molecule has 0 spiro atoms. The first-order valence-electron chi connectivity index (χ1n) is 7.67. The average molecular weight is 333 g/mol. The number of azide groups is 1. The summed E-state index contributed by atoms with van der Waals surface area (Å²) in [5.74, 6) is 0. The Morgan fingerprint density at radius 3 is 2.88 bits per heavy atom. The minimum atomic E-state index is -1.07. The van der Waals surface area contributed by atoms with Crippen LogP contribution in [-0.4, -0.2) is 49.0 Å². The fourth-order valence-electron chi connectivity index (χ4n) is 2.84. The molecule has 24 heavy (non-hydrogen) atoms. The van der Waals surface area contributed by atoms with Gasteiger partial charge in [-0.25, -0.2) is 0 Å². The smallest absolute Gasteiger partial charge is 0.184 e. The molecule has 0 amide bonds. The predicted octanol–water partition coefficient (Wildman–Crippen LogP) is 2.07. The molecule has 2 aliphatic heterocycles. The zero-order valence-electron chi connectivity index (χ0n) is 13.0. The van der Waals surface area contributed by atoms with E-state index in [9.17, 15) is 5.11 Å². The molecule has 1 aromatic rings. The Bertz CT molecular complexity index is 607. The molecule has 0 aromatic heterocycles. The van der Waals surface area contributed by atoms with E-state index in [2.05, 4.69) is 16.6 Å². The zero-order chi connectivity index (χ0) is 16.9. The summed E-state index contributed by atoms with van der Waals surface area (Å²) in [7, 11) is 0. The van der Waals surface area contributed by atoms with Crippen LogP contribution in [0.1, 0.15) is 11.9 Å². The molecule has 1 N–H and O–H groups in total. The van der Waals surface area contributed by atoms with E-state index in [0.29, 0.717) is 0 Å². The lowest BCUT2D eigenvalue weighted by atomic mass is 9.96. The van der Waals surface area contributed by atoms with Crippen LogP contribution in [-0.2, 0) is 18.9 Å². The Balaban J connectivity index is 1.76. The Hall–Kier alpha value is -1.93. The number of hydrogen-bond donors (Lipinski definition) is 1. The van der Waals surface area contributed by atoms with Crippen molar-refractivity contribution in [2.45, 2.75) is 36.9 Å². The molecule has 0 saturated carbocycles. The van der Waals surface area contributed by atoms with Gasteiger partial charge >= 0.3 is 0 Å². The largest absolute Gasteiger partial charge is 0.390 e. The fraction of sp³-hybridized carbons (Fsp3) is 0.500. The number of nitrogens with zero attached hydrogens (tertiary/aromatic N) is 3. The van der Waals surface area contributed by atoms with E-state index in [1.165, 1.54) is 0 Å². The molecule has 3 rings (SSSR count). The van der Waals surface area contributed by atoms with E-state index < -0.39 is 36.9 Å². The molecule has 2 saturated heterocycles. The van der Waals surface area contributed by atoms with Crippen LogP contribution in [0.5, 0.6) is 0 Å². The number of benzene rings is 1. The van der Waals surface area contributed by atoms with Crippen molar-refractivity contribution in [3.63, 3.8) is 0 Å². The van der Waals surface area contributed by atoms with Crippen LogP contribution < -0.4 is 0 Å². The van der Waals surface area contributed by atoms with E-state index in [-0.39, 0.29) is 13.2 Å². The first kappa shape index (κ1) is 16.9. The fourth-order valence-corrected chi connectivity index (χ4v) is 2.84. The summed E-state index contributed by atoms with van der Waals surface area (Å²) in [4.78, 5) is 2.78. The number of fused-ring (bicyclic) bond motifs is 1. The lowest BCUT2D eigenvalue weighted by Gasteiger charge is -2.46. The second kappa shape index (κ2) is 7.76. The number of aliphatic hydroxyl groups excluding tert-OH is 1. The van der Waals surface area contributed by atoms with Gasteiger partial charge in [0.15, 0.2) is 12.6 Å². The molecule has 2 aliphatic rings. The van der Waals surface area contributed by atoms with Crippen LogP contribution in [0, 0.1) is 0 Å². The molecule has 2 heterocycles. The summed E-state index contributed by atoms with van der Waals surface area (Å²) < 4.78 is 22.8. The number of rotatable bonds is 5. The van der Waals surface area contributed by atoms with Crippen molar-refractivity contribution in [2.75, 3.05) is 13.2 Å². The molecule has 8 nitrogen and oxygen atoms in total. The minimum absolute atomic E-state index is 0.209. The maximum atomic E-state index is 10.6. The maximum absolute atomic E-state index is 10.6. The Morgan fingerprint density at radius 1 is 1.38 bits per heavy atom. The van der Waals surface area contributed by atoms with Crippen LogP contribution in [0.25, 0.3) is 10.4 Å². The molecule has 0 bridgehead atoms. The van der Waals surface area contributed by atoms with Crippen LogP contribution in [0.15, 0.2) is 48.1 Å². The summed E-state index contributed by atoms with van der Waals surface area (Å²) in [6.07, 6.45) is -2.19. The molecule has 128 valence electrons. The van der Waals surface area contributed by atoms with Gasteiger partial charge in [0, 0.05) is 10.5 Å². The topological polar surface area (TPSA) is 106 Å². The summed E-state index contributed by atoms with van der Waals surface area (Å²) >= 11 is 0. The maximum Gasteiger partial charge on any atom is 0.184 e. The van der Waals surface area contributed by atoms with Gasteiger partial charge < -0.3 is 24.1 Å². The van der Waals surface area contributed by atoms with Crippen molar-refractivity contribution in [3.8, 4) is 0 Å². The molecule has 8 heteroatoms. The standard InChI is InChI=1S/C16H19N3O5/c1-2-8-21-16-12(18-19-17)13(20)14-11(23-16)9-22-15(24-14)10-6-4-3-5-7-10/h2-7,11-16,20H,1,8-9H2/t11-,12-,13-,14+,15?,16?/m1/s1. The molecule has 0 radical (unpaired) electrons. The van der Waals surface area contributed by atoms with Crippen molar-refractivity contribution >= 4 is 0 Å². The minimum Gasteiger partial charge on any atom is -0.390 e. The van der Waals surface area contributed by atoms with Crippen molar-refractivity contribution in [3.05, 3.63) is 59.0 Å². The molecule has 6 atom stereocenters. The quantitative estimate of drug-likeness (QED) is 0.384. The van der Waals surface area contributed by atoms with Gasteiger partial charge in [-0.05, 0) is 5.53 Å². The Kier molecular flexibility index (Phi) is 5.47. The first-order chi connectivity index (χ1) is 11.7. The third kappa shape index (κ3) is 3.44. The second-order valence-electron chi connectivity index (χ2n) is 5.53. The van der Waals surface area contributed by atoms with Gasteiger partial charge in [0.2, 0.25) is 0 Å².